The Kier molecular flexibility index (Phi) is 10.7. The first kappa shape index (κ1) is 38.6. The molecule has 8 aromatic rings. The van der Waals surface area contributed by atoms with E-state index >= 15 is 0 Å². The van der Waals surface area contributed by atoms with Crippen LogP contribution in [0.3, 0.4) is 0 Å². The summed E-state index contributed by atoms with van der Waals surface area (Å²) >= 11 is 1.20. The molecule has 0 spiro atoms. The number of ether oxygens (including phenoxy) is 1. The van der Waals surface area contributed by atoms with E-state index in [0.29, 0.717) is 48.1 Å². The van der Waals surface area contributed by atoms with Gasteiger partial charge in [-0.05, 0) is 70.8 Å². The maximum Gasteiger partial charge on any atom is 0.252 e. The lowest BCUT2D eigenvalue weighted by Gasteiger charge is -2.36. The van der Waals surface area contributed by atoms with Gasteiger partial charge in [-0.25, -0.2) is 22.8 Å². The second kappa shape index (κ2) is 16.4. The van der Waals surface area contributed by atoms with Gasteiger partial charge in [0, 0.05) is 55.9 Å². The summed E-state index contributed by atoms with van der Waals surface area (Å²) in [5, 5.41) is 6.18. The molecule has 0 atom stereocenters. The average Bonchev–Trinajstić information content (AvgIpc) is 3.97. The molecule has 0 saturated carbocycles. The molecule has 5 aromatic carbocycles. The van der Waals surface area contributed by atoms with Gasteiger partial charge >= 0.3 is 0 Å². The molecular formula is C47H41FN6O3S2. The van der Waals surface area contributed by atoms with Gasteiger partial charge in [-0.2, -0.15) is 9.40 Å². The number of sulfonamides is 1. The SMILES string of the molecule is CN(CCN1CCOCC1)S(=O)(=O)c1ccc(-c2ncnc3ccc(-c4cn(C(c5ccccc5)(c5ccccc5)c5ccccc5)nc4-c4ccc(F)cc4)cc23)s1. The molecule has 3 aromatic heterocycles. The van der Waals surface area contributed by atoms with Crippen LogP contribution in [0.4, 0.5) is 4.39 Å². The number of rotatable bonds is 12. The summed E-state index contributed by atoms with van der Waals surface area (Å²) in [6.07, 6.45) is 3.58. The first-order valence-corrected chi connectivity index (χ1v) is 21.7. The second-order valence-electron chi connectivity index (χ2n) is 14.5. The van der Waals surface area contributed by atoms with Crippen LogP contribution in [0.5, 0.6) is 0 Å². The molecule has 0 amide bonds. The minimum absolute atomic E-state index is 0.249. The molecule has 1 aliphatic heterocycles. The van der Waals surface area contributed by atoms with Crippen molar-refractivity contribution in [3.05, 3.63) is 181 Å². The fourth-order valence-electron chi connectivity index (χ4n) is 7.90. The first-order valence-electron chi connectivity index (χ1n) is 19.5. The first-order chi connectivity index (χ1) is 28.8. The molecule has 4 heterocycles. The molecule has 59 heavy (non-hydrogen) atoms. The second-order valence-corrected chi connectivity index (χ2v) is 17.9. The number of nitrogens with zero attached hydrogens (tertiary/aromatic N) is 6. The van der Waals surface area contributed by atoms with E-state index in [1.54, 1.807) is 25.2 Å². The predicted molar refractivity (Wildman–Crippen MR) is 231 cm³/mol. The smallest absolute Gasteiger partial charge is 0.252 e. The molecule has 12 heteroatoms. The Morgan fingerprint density at radius 3 is 1.98 bits per heavy atom. The fraction of sp³-hybridized carbons (Fsp3) is 0.170. The minimum Gasteiger partial charge on any atom is -0.379 e. The number of hydrogen-bond acceptors (Lipinski definition) is 8. The third kappa shape index (κ3) is 7.38. The van der Waals surface area contributed by atoms with Crippen LogP contribution < -0.4 is 0 Å². The van der Waals surface area contributed by atoms with Crippen LogP contribution in [-0.2, 0) is 20.3 Å². The van der Waals surface area contributed by atoms with E-state index in [1.807, 2.05) is 83.5 Å². The Hall–Kier alpha value is -5.89. The Bertz CT molecular complexity index is 2710. The molecule has 0 N–H and O–H groups in total. The molecule has 1 saturated heterocycles. The van der Waals surface area contributed by atoms with E-state index in [1.165, 1.54) is 34.1 Å². The van der Waals surface area contributed by atoms with Crippen LogP contribution in [0, 0.1) is 5.82 Å². The molecule has 9 nitrogen and oxygen atoms in total. The fourth-order valence-corrected chi connectivity index (χ4v) is 10.6. The van der Waals surface area contributed by atoms with Crippen molar-refractivity contribution in [3.8, 4) is 33.0 Å². The number of halogens is 1. The summed E-state index contributed by atoms with van der Waals surface area (Å²) < 4.78 is 51.1. The summed E-state index contributed by atoms with van der Waals surface area (Å²) in [4.78, 5) is 12.2. The zero-order valence-corrected chi connectivity index (χ0v) is 34.0. The number of aromatic nitrogens is 4. The van der Waals surface area contributed by atoms with E-state index in [9.17, 15) is 12.8 Å². The van der Waals surface area contributed by atoms with Crippen molar-refractivity contribution in [2.45, 2.75) is 9.75 Å². The van der Waals surface area contributed by atoms with Gasteiger partial charge in [0.1, 0.15) is 27.6 Å². The average molecular weight is 821 g/mol. The predicted octanol–water partition coefficient (Wildman–Crippen LogP) is 8.82. The summed E-state index contributed by atoms with van der Waals surface area (Å²) in [6, 6.07) is 46.9. The molecule has 1 aliphatic rings. The van der Waals surface area contributed by atoms with E-state index in [4.69, 9.17) is 14.8 Å². The van der Waals surface area contributed by atoms with Crippen molar-refractivity contribution < 1.29 is 17.5 Å². The molecule has 296 valence electrons. The third-order valence-corrected chi connectivity index (χ3v) is 14.4. The maximum atomic E-state index is 14.4. The monoisotopic (exact) mass is 820 g/mol. The van der Waals surface area contributed by atoms with Gasteiger partial charge < -0.3 is 4.74 Å². The zero-order chi connectivity index (χ0) is 40.4. The van der Waals surface area contributed by atoms with E-state index in [2.05, 4.69) is 52.5 Å². The number of fused-ring (bicyclic) bond motifs is 1. The molecule has 0 unspecified atom stereocenters. The lowest BCUT2D eigenvalue weighted by Crippen LogP contribution is -2.41. The largest absolute Gasteiger partial charge is 0.379 e. The highest BCUT2D eigenvalue weighted by Gasteiger charge is 2.40. The third-order valence-electron chi connectivity index (χ3n) is 11.0. The number of hydrogen-bond donors (Lipinski definition) is 0. The Morgan fingerprint density at radius 1 is 0.746 bits per heavy atom. The number of morpholine rings is 1. The summed E-state index contributed by atoms with van der Waals surface area (Å²) in [6.45, 7) is 3.91. The van der Waals surface area contributed by atoms with Crippen molar-refractivity contribution in [2.24, 2.45) is 0 Å². The van der Waals surface area contributed by atoms with Gasteiger partial charge in [0.25, 0.3) is 10.0 Å². The van der Waals surface area contributed by atoms with E-state index < -0.39 is 15.6 Å². The minimum atomic E-state index is -3.74. The molecule has 0 aliphatic carbocycles. The highest BCUT2D eigenvalue weighted by Crippen LogP contribution is 2.44. The van der Waals surface area contributed by atoms with Crippen LogP contribution >= 0.6 is 11.3 Å². The quantitative estimate of drug-likeness (QED) is 0.114. The van der Waals surface area contributed by atoms with E-state index in [0.717, 1.165) is 51.9 Å². The van der Waals surface area contributed by atoms with Crippen molar-refractivity contribution in [1.82, 2.24) is 29.0 Å². The molecule has 9 rings (SSSR count). The van der Waals surface area contributed by atoms with Crippen LogP contribution in [0.2, 0.25) is 0 Å². The topological polar surface area (TPSA) is 93.5 Å². The van der Waals surface area contributed by atoms with Gasteiger partial charge in [-0.3, -0.25) is 9.58 Å². The Labute approximate surface area is 347 Å². The summed E-state index contributed by atoms with van der Waals surface area (Å²) in [5.41, 5.74) is 6.56. The van der Waals surface area contributed by atoms with Crippen molar-refractivity contribution in [3.63, 3.8) is 0 Å². The number of thiophene rings is 1. The van der Waals surface area contributed by atoms with Crippen LogP contribution in [0.1, 0.15) is 16.7 Å². The number of likely N-dealkylation sites (N-methyl/N-ethyl adjacent to an activating group) is 1. The van der Waals surface area contributed by atoms with Crippen molar-refractivity contribution in [2.75, 3.05) is 46.4 Å². The molecule has 0 bridgehead atoms. The summed E-state index contributed by atoms with van der Waals surface area (Å²) in [7, 11) is -2.11. The zero-order valence-electron chi connectivity index (χ0n) is 32.4. The Balaban J connectivity index is 1.18. The van der Waals surface area contributed by atoms with Gasteiger partial charge in [-0.1, -0.05) is 97.1 Å². The highest BCUT2D eigenvalue weighted by atomic mass is 32.2. The van der Waals surface area contributed by atoms with Gasteiger partial charge in [-0.15, -0.1) is 11.3 Å². The molecule has 0 radical (unpaired) electrons. The molecule has 1 fully saturated rings. The van der Waals surface area contributed by atoms with Crippen molar-refractivity contribution in [1.29, 1.82) is 0 Å². The van der Waals surface area contributed by atoms with Crippen LogP contribution in [-0.4, -0.2) is 83.8 Å². The van der Waals surface area contributed by atoms with Gasteiger partial charge in [0.15, 0.2) is 0 Å². The Morgan fingerprint density at radius 2 is 1.36 bits per heavy atom. The van der Waals surface area contributed by atoms with Gasteiger partial charge in [0.2, 0.25) is 0 Å². The summed E-state index contributed by atoms with van der Waals surface area (Å²) in [5.74, 6) is -0.338. The highest BCUT2D eigenvalue weighted by molar-refractivity contribution is 7.91. The maximum absolute atomic E-state index is 14.4. The standard InChI is InChI=1S/C47H41FN6O3S2/c1-52(25-26-53-27-29-57-30-28-53)59(55,56)44-24-23-43(58-44)46-40-31-35(19-22-42(40)49-33-50-46)41-32-54(51-45(41)34-17-20-39(48)21-18-34)47(36-11-5-2-6-12-36,37-13-7-3-8-14-37)38-15-9-4-10-16-38/h2-24,31-33H,25-30H2,1H3. The number of benzene rings is 5. The molecular weight excluding hydrogens is 780 g/mol. The van der Waals surface area contributed by atoms with Gasteiger partial charge in [0.05, 0.1) is 29.3 Å². The van der Waals surface area contributed by atoms with Crippen molar-refractivity contribution >= 4 is 32.3 Å². The lowest BCUT2D eigenvalue weighted by atomic mass is 9.77. The van der Waals surface area contributed by atoms with E-state index in [-0.39, 0.29) is 10.0 Å². The lowest BCUT2D eigenvalue weighted by molar-refractivity contribution is 0.0368. The van der Waals surface area contributed by atoms with Crippen LogP contribution in [0.25, 0.3) is 43.9 Å². The normalized spacial score (nSPS) is 13.9. The van der Waals surface area contributed by atoms with Crippen LogP contribution in [0.15, 0.2) is 162 Å².